The van der Waals surface area contributed by atoms with Gasteiger partial charge in [0.25, 0.3) is 0 Å². The number of rotatable bonds is 5. The van der Waals surface area contributed by atoms with E-state index in [0.29, 0.717) is 5.75 Å². The topological polar surface area (TPSA) is 90.7 Å². The molecule has 17 heavy (non-hydrogen) atoms. The fourth-order valence-electron chi connectivity index (χ4n) is 1.68. The van der Waals surface area contributed by atoms with Crippen molar-refractivity contribution in [2.45, 2.75) is 19.0 Å². The molecule has 0 saturated heterocycles. The molecule has 2 atom stereocenters. The van der Waals surface area contributed by atoms with E-state index in [9.17, 15) is 0 Å². The fraction of sp³-hybridized carbons (Fsp3) is 0.500. The van der Waals surface area contributed by atoms with Gasteiger partial charge in [-0.15, -0.1) is 0 Å². The Morgan fingerprint density at radius 3 is 2.24 bits per heavy atom. The first-order chi connectivity index (χ1) is 8.04. The third-order valence-electron chi connectivity index (χ3n) is 2.78. The van der Waals surface area contributed by atoms with E-state index in [0.717, 1.165) is 16.9 Å². The van der Waals surface area contributed by atoms with Crippen LogP contribution in [-0.4, -0.2) is 32.0 Å². The largest absolute Gasteiger partial charge is 0.496 e. The summed E-state index contributed by atoms with van der Waals surface area (Å²) in [6, 6.07) is 2.62. The highest BCUT2D eigenvalue weighted by molar-refractivity contribution is 5.47. The highest BCUT2D eigenvalue weighted by Gasteiger charge is 2.20. The molecular weight excluding hydrogens is 220 g/mol. The Morgan fingerprint density at radius 2 is 1.76 bits per heavy atom. The summed E-state index contributed by atoms with van der Waals surface area (Å²) < 4.78 is 10.5. The van der Waals surface area contributed by atoms with Gasteiger partial charge in [-0.2, -0.15) is 0 Å². The second-order valence-electron chi connectivity index (χ2n) is 3.94. The molecule has 2 unspecified atom stereocenters. The number of benzene rings is 1. The molecule has 0 amide bonds. The standard InChI is InChI=1S/C12H20N2O3/c1-7-4-11(17-3)8(5-10(7)16-2)12(14)9(13)6-15/h4-5,9,12,15H,6,13-14H2,1-3H3. The summed E-state index contributed by atoms with van der Waals surface area (Å²) in [5.74, 6) is 1.38. The van der Waals surface area contributed by atoms with Gasteiger partial charge in [-0.1, -0.05) is 0 Å². The van der Waals surface area contributed by atoms with Gasteiger partial charge in [0.1, 0.15) is 11.5 Å². The van der Waals surface area contributed by atoms with Crippen LogP contribution in [-0.2, 0) is 0 Å². The summed E-state index contributed by atoms with van der Waals surface area (Å²) in [7, 11) is 3.16. The van der Waals surface area contributed by atoms with E-state index in [-0.39, 0.29) is 6.61 Å². The molecule has 0 aliphatic carbocycles. The molecule has 96 valence electrons. The second-order valence-corrected chi connectivity index (χ2v) is 3.94. The molecular formula is C12H20N2O3. The molecule has 1 aromatic rings. The number of aryl methyl sites for hydroxylation is 1. The monoisotopic (exact) mass is 240 g/mol. The van der Waals surface area contributed by atoms with E-state index in [1.807, 2.05) is 13.0 Å². The van der Waals surface area contributed by atoms with Crippen LogP contribution in [0.1, 0.15) is 17.2 Å². The Hall–Kier alpha value is -1.30. The van der Waals surface area contributed by atoms with Crippen LogP contribution < -0.4 is 20.9 Å². The molecule has 0 spiro atoms. The fourth-order valence-corrected chi connectivity index (χ4v) is 1.68. The van der Waals surface area contributed by atoms with Crippen molar-refractivity contribution in [3.8, 4) is 11.5 Å². The molecule has 0 aliphatic rings. The maximum Gasteiger partial charge on any atom is 0.124 e. The minimum absolute atomic E-state index is 0.180. The molecule has 5 N–H and O–H groups in total. The molecule has 1 rings (SSSR count). The minimum atomic E-state index is -0.531. The Kier molecular flexibility index (Phi) is 4.74. The normalized spacial score (nSPS) is 14.2. The van der Waals surface area contributed by atoms with Crippen LogP contribution in [0.5, 0.6) is 11.5 Å². The van der Waals surface area contributed by atoms with Gasteiger partial charge in [0.2, 0.25) is 0 Å². The van der Waals surface area contributed by atoms with E-state index in [1.54, 1.807) is 20.3 Å². The first-order valence-electron chi connectivity index (χ1n) is 5.39. The van der Waals surface area contributed by atoms with Crippen molar-refractivity contribution < 1.29 is 14.6 Å². The summed E-state index contributed by atoms with van der Waals surface area (Å²) in [5, 5.41) is 9.03. The van der Waals surface area contributed by atoms with Crippen molar-refractivity contribution in [1.29, 1.82) is 0 Å². The zero-order chi connectivity index (χ0) is 13.0. The molecule has 0 heterocycles. The minimum Gasteiger partial charge on any atom is -0.496 e. The van der Waals surface area contributed by atoms with E-state index in [1.165, 1.54) is 0 Å². The van der Waals surface area contributed by atoms with Crippen LogP contribution in [0.15, 0.2) is 12.1 Å². The van der Waals surface area contributed by atoms with Gasteiger partial charge in [-0.3, -0.25) is 0 Å². The summed E-state index contributed by atoms with van der Waals surface area (Å²) in [5.41, 5.74) is 13.4. The summed E-state index contributed by atoms with van der Waals surface area (Å²) in [6.45, 7) is 1.74. The molecule has 0 saturated carbocycles. The van der Waals surface area contributed by atoms with Gasteiger partial charge in [-0.05, 0) is 24.6 Å². The molecule has 5 heteroatoms. The highest BCUT2D eigenvalue weighted by atomic mass is 16.5. The summed E-state index contributed by atoms with van der Waals surface area (Å²) in [6.07, 6.45) is 0. The molecule has 0 fully saturated rings. The smallest absolute Gasteiger partial charge is 0.124 e. The van der Waals surface area contributed by atoms with Gasteiger partial charge in [-0.25, -0.2) is 0 Å². The Bertz CT molecular complexity index is 382. The van der Waals surface area contributed by atoms with Gasteiger partial charge in [0.05, 0.1) is 26.9 Å². The maximum atomic E-state index is 9.03. The van der Waals surface area contributed by atoms with Gasteiger partial charge >= 0.3 is 0 Å². The molecule has 5 nitrogen and oxygen atoms in total. The SMILES string of the molecule is COc1cc(C(N)C(N)CO)c(OC)cc1C. The zero-order valence-corrected chi connectivity index (χ0v) is 10.4. The average Bonchev–Trinajstić information content (AvgIpc) is 2.36. The highest BCUT2D eigenvalue weighted by Crippen LogP contribution is 2.32. The molecule has 0 aromatic heterocycles. The predicted molar refractivity (Wildman–Crippen MR) is 66.3 cm³/mol. The van der Waals surface area contributed by atoms with Gasteiger partial charge in [0.15, 0.2) is 0 Å². The van der Waals surface area contributed by atoms with Crippen LogP contribution in [0.3, 0.4) is 0 Å². The first-order valence-corrected chi connectivity index (χ1v) is 5.39. The number of aliphatic hydroxyl groups excluding tert-OH is 1. The van der Waals surface area contributed by atoms with Crippen LogP contribution in [0.2, 0.25) is 0 Å². The predicted octanol–water partition coefficient (Wildman–Crippen LogP) is 0.332. The number of hydrogen-bond acceptors (Lipinski definition) is 5. The van der Waals surface area contributed by atoms with E-state index in [2.05, 4.69) is 0 Å². The molecule has 0 aliphatic heterocycles. The van der Waals surface area contributed by atoms with E-state index in [4.69, 9.17) is 26.0 Å². The van der Waals surface area contributed by atoms with Crippen LogP contribution >= 0.6 is 0 Å². The lowest BCUT2D eigenvalue weighted by Gasteiger charge is -2.21. The lowest BCUT2D eigenvalue weighted by Crippen LogP contribution is -2.37. The number of nitrogens with two attached hydrogens (primary N) is 2. The Balaban J connectivity index is 3.20. The van der Waals surface area contributed by atoms with Gasteiger partial charge < -0.3 is 26.0 Å². The lowest BCUT2D eigenvalue weighted by atomic mass is 9.98. The summed E-state index contributed by atoms with van der Waals surface area (Å²) in [4.78, 5) is 0. The Labute approximate surface area is 101 Å². The molecule has 1 aromatic carbocycles. The third kappa shape index (κ3) is 2.88. The van der Waals surface area contributed by atoms with E-state index < -0.39 is 12.1 Å². The van der Waals surface area contributed by atoms with Crippen molar-refractivity contribution in [1.82, 2.24) is 0 Å². The first kappa shape index (κ1) is 13.8. The number of aliphatic hydroxyl groups is 1. The van der Waals surface area contributed by atoms with Gasteiger partial charge in [0, 0.05) is 11.6 Å². The van der Waals surface area contributed by atoms with E-state index >= 15 is 0 Å². The van der Waals surface area contributed by atoms with Crippen LogP contribution in [0, 0.1) is 6.92 Å². The quantitative estimate of drug-likeness (QED) is 0.690. The van der Waals surface area contributed by atoms with Crippen LogP contribution in [0.25, 0.3) is 0 Å². The third-order valence-corrected chi connectivity index (χ3v) is 2.78. The maximum absolute atomic E-state index is 9.03. The number of ether oxygens (including phenoxy) is 2. The lowest BCUT2D eigenvalue weighted by molar-refractivity contribution is 0.248. The molecule has 0 bridgehead atoms. The molecule has 0 radical (unpaired) electrons. The van der Waals surface area contributed by atoms with Crippen molar-refractivity contribution in [3.63, 3.8) is 0 Å². The number of methoxy groups -OCH3 is 2. The second kappa shape index (κ2) is 5.86. The number of hydrogen-bond donors (Lipinski definition) is 3. The zero-order valence-electron chi connectivity index (χ0n) is 10.4. The Morgan fingerprint density at radius 1 is 1.18 bits per heavy atom. The average molecular weight is 240 g/mol. The van der Waals surface area contributed by atoms with Crippen molar-refractivity contribution >= 4 is 0 Å². The van der Waals surface area contributed by atoms with Crippen LogP contribution in [0.4, 0.5) is 0 Å². The van der Waals surface area contributed by atoms with Crippen molar-refractivity contribution in [2.75, 3.05) is 20.8 Å². The summed E-state index contributed by atoms with van der Waals surface area (Å²) >= 11 is 0. The van der Waals surface area contributed by atoms with Crippen molar-refractivity contribution in [2.24, 2.45) is 11.5 Å². The van der Waals surface area contributed by atoms with Crippen molar-refractivity contribution in [3.05, 3.63) is 23.3 Å².